The van der Waals surface area contributed by atoms with Gasteiger partial charge in [0, 0.05) is 12.1 Å². The molecular formula is C17H21NO2. The predicted molar refractivity (Wildman–Crippen MR) is 81.0 cm³/mol. The molecule has 2 N–H and O–H groups in total. The van der Waals surface area contributed by atoms with E-state index in [-0.39, 0.29) is 6.61 Å². The van der Waals surface area contributed by atoms with Gasteiger partial charge in [-0.1, -0.05) is 36.8 Å². The first-order valence-corrected chi connectivity index (χ1v) is 6.91. The van der Waals surface area contributed by atoms with E-state index in [1.54, 1.807) is 0 Å². The van der Waals surface area contributed by atoms with Crippen molar-refractivity contribution >= 4 is 0 Å². The van der Waals surface area contributed by atoms with Crippen LogP contribution < -0.4 is 10.1 Å². The van der Waals surface area contributed by atoms with Crippen LogP contribution in [-0.4, -0.2) is 11.7 Å². The topological polar surface area (TPSA) is 41.5 Å². The molecule has 0 radical (unpaired) electrons. The fourth-order valence-electron chi connectivity index (χ4n) is 2.04. The Labute approximate surface area is 120 Å². The van der Waals surface area contributed by atoms with E-state index in [0.717, 1.165) is 35.7 Å². The van der Waals surface area contributed by atoms with Crippen molar-refractivity contribution in [2.75, 3.05) is 6.54 Å². The van der Waals surface area contributed by atoms with Gasteiger partial charge in [-0.05, 0) is 37.2 Å². The van der Waals surface area contributed by atoms with Gasteiger partial charge < -0.3 is 15.2 Å². The molecule has 0 amide bonds. The third kappa shape index (κ3) is 3.83. The molecule has 0 aliphatic carbocycles. The van der Waals surface area contributed by atoms with Crippen LogP contribution in [0.15, 0.2) is 42.5 Å². The number of hydrogen-bond donors (Lipinski definition) is 2. The SMILES string of the molecule is CCNCc1cc(C)ccc1Oc1cccc(CO)c1. The molecule has 0 fully saturated rings. The molecule has 0 aromatic heterocycles. The first-order valence-electron chi connectivity index (χ1n) is 6.91. The summed E-state index contributed by atoms with van der Waals surface area (Å²) in [5.41, 5.74) is 3.21. The lowest BCUT2D eigenvalue weighted by atomic mass is 10.1. The standard InChI is InChI=1S/C17H21NO2/c1-3-18-11-15-9-13(2)7-8-17(15)20-16-6-4-5-14(10-16)12-19/h4-10,18-19H,3,11-12H2,1-2H3. The monoisotopic (exact) mass is 271 g/mol. The Morgan fingerprint density at radius 3 is 2.75 bits per heavy atom. The van der Waals surface area contributed by atoms with Crippen molar-refractivity contribution in [3.8, 4) is 11.5 Å². The smallest absolute Gasteiger partial charge is 0.131 e. The second kappa shape index (κ2) is 7.08. The van der Waals surface area contributed by atoms with Gasteiger partial charge in [-0.2, -0.15) is 0 Å². The van der Waals surface area contributed by atoms with E-state index >= 15 is 0 Å². The Balaban J connectivity index is 2.22. The zero-order valence-electron chi connectivity index (χ0n) is 12.0. The van der Waals surface area contributed by atoms with Gasteiger partial charge in [0.2, 0.25) is 0 Å². The number of benzene rings is 2. The van der Waals surface area contributed by atoms with Crippen LogP contribution in [0.1, 0.15) is 23.6 Å². The summed E-state index contributed by atoms with van der Waals surface area (Å²) >= 11 is 0. The third-order valence-electron chi connectivity index (χ3n) is 3.09. The van der Waals surface area contributed by atoms with Crippen LogP contribution >= 0.6 is 0 Å². The molecular weight excluding hydrogens is 250 g/mol. The highest BCUT2D eigenvalue weighted by Gasteiger charge is 2.06. The maximum Gasteiger partial charge on any atom is 0.131 e. The number of aliphatic hydroxyl groups is 1. The summed E-state index contributed by atoms with van der Waals surface area (Å²) < 4.78 is 5.95. The number of nitrogens with one attached hydrogen (secondary N) is 1. The second-order valence-corrected chi connectivity index (χ2v) is 4.80. The number of aryl methyl sites for hydroxylation is 1. The summed E-state index contributed by atoms with van der Waals surface area (Å²) in [6, 6.07) is 13.7. The van der Waals surface area contributed by atoms with Crippen LogP contribution in [-0.2, 0) is 13.2 Å². The summed E-state index contributed by atoms with van der Waals surface area (Å²) in [5.74, 6) is 1.60. The first-order chi connectivity index (χ1) is 9.72. The molecule has 20 heavy (non-hydrogen) atoms. The minimum Gasteiger partial charge on any atom is -0.457 e. The quantitative estimate of drug-likeness (QED) is 0.846. The van der Waals surface area contributed by atoms with E-state index in [1.165, 1.54) is 5.56 Å². The lowest BCUT2D eigenvalue weighted by Crippen LogP contribution is -2.12. The minimum atomic E-state index is 0.0232. The minimum absolute atomic E-state index is 0.0232. The van der Waals surface area contributed by atoms with E-state index in [1.807, 2.05) is 36.4 Å². The molecule has 0 unspecified atom stereocenters. The fourth-order valence-corrected chi connectivity index (χ4v) is 2.04. The summed E-state index contributed by atoms with van der Waals surface area (Å²) in [6.07, 6.45) is 0. The lowest BCUT2D eigenvalue weighted by molar-refractivity contribution is 0.281. The molecule has 0 aliphatic rings. The number of aliphatic hydroxyl groups excluding tert-OH is 1. The average Bonchev–Trinajstić information content (AvgIpc) is 2.47. The van der Waals surface area contributed by atoms with Crippen molar-refractivity contribution in [3.05, 3.63) is 59.2 Å². The van der Waals surface area contributed by atoms with Gasteiger partial charge >= 0.3 is 0 Å². The molecule has 2 aromatic rings. The molecule has 0 spiro atoms. The molecule has 106 valence electrons. The number of hydrogen-bond acceptors (Lipinski definition) is 3. The average molecular weight is 271 g/mol. The molecule has 3 heteroatoms. The van der Waals surface area contributed by atoms with Crippen molar-refractivity contribution < 1.29 is 9.84 Å². The van der Waals surface area contributed by atoms with Gasteiger partial charge in [-0.25, -0.2) is 0 Å². The van der Waals surface area contributed by atoms with Crippen molar-refractivity contribution in [1.82, 2.24) is 5.32 Å². The molecule has 0 atom stereocenters. The van der Waals surface area contributed by atoms with Gasteiger partial charge in [-0.15, -0.1) is 0 Å². The maximum absolute atomic E-state index is 9.17. The summed E-state index contributed by atoms with van der Waals surface area (Å²) in [4.78, 5) is 0. The molecule has 0 saturated carbocycles. The Morgan fingerprint density at radius 2 is 2.00 bits per heavy atom. The Hall–Kier alpha value is -1.84. The van der Waals surface area contributed by atoms with E-state index in [2.05, 4.69) is 25.2 Å². The highest BCUT2D eigenvalue weighted by molar-refractivity contribution is 5.41. The maximum atomic E-state index is 9.17. The Bertz CT molecular complexity index is 567. The molecule has 2 rings (SSSR count). The highest BCUT2D eigenvalue weighted by atomic mass is 16.5. The van der Waals surface area contributed by atoms with Crippen molar-refractivity contribution in [3.63, 3.8) is 0 Å². The number of ether oxygens (including phenoxy) is 1. The molecule has 0 aliphatic heterocycles. The van der Waals surface area contributed by atoms with Gasteiger partial charge in [0.1, 0.15) is 11.5 Å². The zero-order chi connectivity index (χ0) is 14.4. The van der Waals surface area contributed by atoms with E-state index in [4.69, 9.17) is 9.84 Å². The van der Waals surface area contributed by atoms with Crippen molar-refractivity contribution in [2.45, 2.75) is 27.0 Å². The molecule has 2 aromatic carbocycles. The van der Waals surface area contributed by atoms with Gasteiger partial charge in [0.25, 0.3) is 0 Å². The van der Waals surface area contributed by atoms with Crippen LogP contribution in [0.4, 0.5) is 0 Å². The largest absolute Gasteiger partial charge is 0.457 e. The predicted octanol–water partition coefficient (Wildman–Crippen LogP) is 3.39. The summed E-state index contributed by atoms with van der Waals surface area (Å²) in [6.45, 7) is 5.89. The zero-order valence-corrected chi connectivity index (χ0v) is 12.0. The normalized spacial score (nSPS) is 10.6. The van der Waals surface area contributed by atoms with Gasteiger partial charge in [0.15, 0.2) is 0 Å². The highest BCUT2D eigenvalue weighted by Crippen LogP contribution is 2.27. The van der Waals surface area contributed by atoms with Crippen LogP contribution in [0.3, 0.4) is 0 Å². The Morgan fingerprint density at radius 1 is 1.15 bits per heavy atom. The van der Waals surface area contributed by atoms with Gasteiger partial charge in [0.05, 0.1) is 6.61 Å². The van der Waals surface area contributed by atoms with E-state index in [0.29, 0.717) is 0 Å². The molecule has 0 saturated heterocycles. The summed E-state index contributed by atoms with van der Waals surface area (Å²) in [5, 5.41) is 12.5. The summed E-state index contributed by atoms with van der Waals surface area (Å²) in [7, 11) is 0. The van der Waals surface area contributed by atoms with Crippen molar-refractivity contribution in [2.24, 2.45) is 0 Å². The van der Waals surface area contributed by atoms with E-state index in [9.17, 15) is 0 Å². The first kappa shape index (κ1) is 14.6. The van der Waals surface area contributed by atoms with Crippen molar-refractivity contribution in [1.29, 1.82) is 0 Å². The van der Waals surface area contributed by atoms with E-state index < -0.39 is 0 Å². The Kier molecular flexibility index (Phi) is 5.16. The molecule has 0 heterocycles. The van der Waals surface area contributed by atoms with Gasteiger partial charge in [-0.3, -0.25) is 0 Å². The van der Waals surface area contributed by atoms with Crippen LogP contribution in [0.25, 0.3) is 0 Å². The van der Waals surface area contributed by atoms with Crippen LogP contribution in [0.5, 0.6) is 11.5 Å². The third-order valence-corrected chi connectivity index (χ3v) is 3.09. The fraction of sp³-hybridized carbons (Fsp3) is 0.294. The molecule has 3 nitrogen and oxygen atoms in total. The second-order valence-electron chi connectivity index (χ2n) is 4.80. The lowest BCUT2D eigenvalue weighted by Gasteiger charge is -2.13. The molecule has 0 bridgehead atoms. The van der Waals surface area contributed by atoms with Crippen LogP contribution in [0.2, 0.25) is 0 Å². The number of rotatable bonds is 6. The van der Waals surface area contributed by atoms with Crippen LogP contribution in [0, 0.1) is 6.92 Å².